The minimum Gasteiger partial charge on any atom is -0.258 e. The molecule has 142 valence electrons. The second-order valence-corrected chi connectivity index (χ2v) is 6.08. The van der Waals surface area contributed by atoms with Crippen molar-refractivity contribution in [3.63, 3.8) is 0 Å². The van der Waals surface area contributed by atoms with Crippen LogP contribution in [0.1, 0.15) is 0 Å². The SMILES string of the molecule is O=[N+]([O-])c1ccc(-n2nc(-c3ccccc3)c([N+](=O)[O-])c2-c2ccccc2)nc1. The molecule has 4 aromatic rings. The number of aromatic nitrogens is 3. The molecule has 0 radical (unpaired) electrons. The van der Waals surface area contributed by atoms with Crippen molar-refractivity contribution in [2.45, 2.75) is 0 Å². The molecule has 0 saturated heterocycles. The van der Waals surface area contributed by atoms with Crippen LogP contribution in [0, 0.1) is 20.2 Å². The van der Waals surface area contributed by atoms with Gasteiger partial charge in [-0.25, -0.2) is 9.67 Å². The summed E-state index contributed by atoms with van der Waals surface area (Å²) in [5.74, 6) is 0.236. The number of hydrogen-bond donors (Lipinski definition) is 0. The molecule has 0 atom stereocenters. The summed E-state index contributed by atoms with van der Waals surface area (Å²) in [6, 6.07) is 20.3. The molecule has 0 unspecified atom stereocenters. The van der Waals surface area contributed by atoms with Crippen molar-refractivity contribution in [1.82, 2.24) is 14.8 Å². The Balaban J connectivity index is 2.01. The molecule has 0 amide bonds. The van der Waals surface area contributed by atoms with Crippen LogP contribution in [-0.2, 0) is 0 Å². The summed E-state index contributed by atoms with van der Waals surface area (Å²) in [6.07, 6.45) is 1.10. The summed E-state index contributed by atoms with van der Waals surface area (Å²) >= 11 is 0. The minimum absolute atomic E-state index is 0.164. The van der Waals surface area contributed by atoms with Gasteiger partial charge in [-0.05, 0) is 6.07 Å². The van der Waals surface area contributed by atoms with Crippen molar-refractivity contribution in [3.05, 3.63) is 99.2 Å². The number of nitrogens with zero attached hydrogens (tertiary/aromatic N) is 5. The van der Waals surface area contributed by atoms with Crippen molar-refractivity contribution in [1.29, 1.82) is 0 Å². The van der Waals surface area contributed by atoms with E-state index >= 15 is 0 Å². The monoisotopic (exact) mass is 387 g/mol. The maximum Gasteiger partial charge on any atom is 0.323 e. The fourth-order valence-electron chi connectivity index (χ4n) is 3.01. The Morgan fingerprint density at radius 3 is 1.90 bits per heavy atom. The predicted octanol–water partition coefficient (Wildman–Crippen LogP) is 4.42. The Hall–Kier alpha value is -4.40. The average Bonchev–Trinajstić information content (AvgIpc) is 3.16. The molecule has 0 saturated carbocycles. The van der Waals surface area contributed by atoms with Crippen LogP contribution in [0.2, 0.25) is 0 Å². The van der Waals surface area contributed by atoms with E-state index in [9.17, 15) is 20.2 Å². The van der Waals surface area contributed by atoms with Crippen LogP contribution in [0.5, 0.6) is 0 Å². The van der Waals surface area contributed by atoms with Gasteiger partial charge in [-0.15, -0.1) is 0 Å². The summed E-state index contributed by atoms with van der Waals surface area (Å²) in [6.45, 7) is 0. The van der Waals surface area contributed by atoms with Crippen molar-refractivity contribution in [2.24, 2.45) is 0 Å². The van der Waals surface area contributed by atoms with Gasteiger partial charge in [0.05, 0.1) is 9.85 Å². The third kappa shape index (κ3) is 3.32. The van der Waals surface area contributed by atoms with Crippen LogP contribution in [0.3, 0.4) is 0 Å². The highest BCUT2D eigenvalue weighted by Gasteiger charge is 2.30. The molecule has 29 heavy (non-hydrogen) atoms. The molecule has 0 spiro atoms. The van der Waals surface area contributed by atoms with E-state index in [1.54, 1.807) is 54.6 Å². The van der Waals surface area contributed by atoms with Gasteiger partial charge in [0.25, 0.3) is 5.69 Å². The molecular weight excluding hydrogens is 374 g/mol. The first-order valence-electron chi connectivity index (χ1n) is 8.55. The van der Waals surface area contributed by atoms with Gasteiger partial charge in [-0.2, -0.15) is 5.10 Å². The highest BCUT2D eigenvalue weighted by Crippen LogP contribution is 2.39. The fraction of sp³-hybridized carbons (Fsp3) is 0. The molecule has 4 rings (SSSR count). The molecule has 0 N–H and O–H groups in total. The number of hydrogen-bond acceptors (Lipinski definition) is 6. The third-order valence-electron chi connectivity index (χ3n) is 4.30. The molecular formula is C20H13N5O4. The van der Waals surface area contributed by atoms with Crippen LogP contribution in [-0.4, -0.2) is 24.6 Å². The molecule has 2 aromatic heterocycles. The van der Waals surface area contributed by atoms with Gasteiger partial charge < -0.3 is 0 Å². The van der Waals surface area contributed by atoms with Crippen molar-refractivity contribution in [2.75, 3.05) is 0 Å². The van der Waals surface area contributed by atoms with Gasteiger partial charge in [-0.1, -0.05) is 60.7 Å². The standard InChI is InChI=1S/C20H13N5O4/c26-24(27)16-11-12-17(21-13-16)23-19(15-9-5-2-6-10-15)20(25(28)29)18(22-23)14-7-3-1-4-8-14/h1-13H. The zero-order valence-corrected chi connectivity index (χ0v) is 14.9. The zero-order chi connectivity index (χ0) is 20.4. The van der Waals surface area contributed by atoms with Crippen LogP contribution in [0.25, 0.3) is 28.3 Å². The average molecular weight is 387 g/mol. The third-order valence-corrected chi connectivity index (χ3v) is 4.30. The lowest BCUT2D eigenvalue weighted by Gasteiger charge is -2.06. The van der Waals surface area contributed by atoms with E-state index in [4.69, 9.17) is 0 Å². The predicted molar refractivity (Wildman–Crippen MR) is 106 cm³/mol. The van der Waals surface area contributed by atoms with Crippen molar-refractivity contribution < 1.29 is 9.85 Å². The molecule has 0 fully saturated rings. The Morgan fingerprint density at radius 1 is 0.759 bits per heavy atom. The first kappa shape index (κ1) is 18.0. The zero-order valence-electron chi connectivity index (χ0n) is 14.9. The quantitative estimate of drug-likeness (QED) is 0.370. The smallest absolute Gasteiger partial charge is 0.258 e. The Morgan fingerprint density at radius 2 is 1.38 bits per heavy atom. The summed E-state index contributed by atoms with van der Waals surface area (Å²) in [5.41, 5.74) is 1.25. The minimum atomic E-state index is -0.560. The van der Waals surface area contributed by atoms with E-state index in [-0.39, 0.29) is 28.6 Å². The fourth-order valence-corrected chi connectivity index (χ4v) is 3.01. The van der Waals surface area contributed by atoms with E-state index < -0.39 is 9.85 Å². The van der Waals surface area contributed by atoms with Crippen LogP contribution in [0.4, 0.5) is 11.4 Å². The summed E-state index contributed by atoms with van der Waals surface area (Å²) in [7, 11) is 0. The summed E-state index contributed by atoms with van der Waals surface area (Å²) in [4.78, 5) is 26.0. The van der Waals surface area contributed by atoms with Crippen LogP contribution < -0.4 is 0 Å². The number of rotatable bonds is 5. The molecule has 9 nitrogen and oxygen atoms in total. The molecule has 2 aromatic carbocycles. The normalized spacial score (nSPS) is 10.6. The lowest BCUT2D eigenvalue weighted by Crippen LogP contribution is -2.03. The first-order valence-corrected chi connectivity index (χ1v) is 8.55. The number of pyridine rings is 1. The van der Waals surface area contributed by atoms with E-state index in [1.165, 1.54) is 16.8 Å². The largest absolute Gasteiger partial charge is 0.323 e. The first-order chi connectivity index (χ1) is 14.1. The molecule has 2 heterocycles. The van der Waals surface area contributed by atoms with Crippen LogP contribution in [0.15, 0.2) is 79.0 Å². The summed E-state index contributed by atoms with van der Waals surface area (Å²) < 4.78 is 1.35. The molecule has 0 aliphatic heterocycles. The van der Waals surface area contributed by atoms with E-state index in [0.29, 0.717) is 11.1 Å². The van der Waals surface area contributed by atoms with Gasteiger partial charge in [-0.3, -0.25) is 20.2 Å². The lowest BCUT2D eigenvalue weighted by atomic mass is 10.1. The van der Waals surface area contributed by atoms with Gasteiger partial charge in [0, 0.05) is 17.2 Å². The Labute approximate surface area is 164 Å². The van der Waals surface area contributed by atoms with Gasteiger partial charge in [0.2, 0.25) is 0 Å². The van der Waals surface area contributed by atoms with Gasteiger partial charge in [0.15, 0.2) is 17.2 Å². The number of nitro groups is 2. The van der Waals surface area contributed by atoms with Crippen molar-refractivity contribution in [3.8, 4) is 28.3 Å². The topological polar surface area (TPSA) is 117 Å². The van der Waals surface area contributed by atoms with E-state index in [1.807, 2.05) is 6.07 Å². The Kier molecular flexibility index (Phi) is 4.54. The summed E-state index contributed by atoms with van der Waals surface area (Å²) in [5, 5.41) is 27.4. The maximum atomic E-state index is 12.0. The van der Waals surface area contributed by atoms with Crippen molar-refractivity contribution >= 4 is 11.4 Å². The molecule has 9 heteroatoms. The maximum absolute atomic E-state index is 12.0. The van der Waals surface area contributed by atoms with Gasteiger partial charge >= 0.3 is 5.69 Å². The van der Waals surface area contributed by atoms with Gasteiger partial charge in [0.1, 0.15) is 6.20 Å². The highest BCUT2D eigenvalue weighted by atomic mass is 16.6. The second-order valence-electron chi connectivity index (χ2n) is 6.08. The van der Waals surface area contributed by atoms with Crippen LogP contribution >= 0.6 is 0 Å². The molecule has 0 bridgehead atoms. The second kappa shape index (κ2) is 7.31. The van der Waals surface area contributed by atoms with E-state index in [2.05, 4.69) is 10.1 Å². The Bertz CT molecular complexity index is 1190. The molecule has 0 aliphatic carbocycles. The lowest BCUT2D eigenvalue weighted by molar-refractivity contribution is -0.385. The van der Waals surface area contributed by atoms with E-state index in [0.717, 1.165) is 6.20 Å². The number of benzene rings is 2. The highest BCUT2D eigenvalue weighted by molar-refractivity contribution is 5.83. The molecule has 0 aliphatic rings.